The highest BCUT2D eigenvalue weighted by Crippen LogP contribution is 2.28. The molecule has 0 fully saturated rings. The standard InChI is InChI=1S/C16H26N2O3.ClH/c1-4-5-10-21-14-7-6-13(11-15(14)20-3)16(19)18-9-8-12(2)17;/h6-7,11-12H,4-5,8-10,17H2,1-3H3,(H,18,19);1H. The molecule has 0 aromatic heterocycles. The molecule has 0 heterocycles. The summed E-state index contributed by atoms with van der Waals surface area (Å²) < 4.78 is 10.9. The fourth-order valence-corrected chi connectivity index (χ4v) is 1.77. The Morgan fingerprint density at radius 3 is 2.68 bits per heavy atom. The summed E-state index contributed by atoms with van der Waals surface area (Å²) in [6, 6.07) is 5.29. The highest BCUT2D eigenvalue weighted by Gasteiger charge is 2.11. The molecular formula is C16H27ClN2O3. The highest BCUT2D eigenvalue weighted by molar-refractivity contribution is 5.94. The van der Waals surface area contributed by atoms with Crippen molar-refractivity contribution < 1.29 is 14.3 Å². The Morgan fingerprint density at radius 2 is 2.09 bits per heavy atom. The normalized spacial score (nSPS) is 11.3. The van der Waals surface area contributed by atoms with Crippen molar-refractivity contribution in [1.29, 1.82) is 0 Å². The summed E-state index contributed by atoms with van der Waals surface area (Å²) in [7, 11) is 1.57. The fraction of sp³-hybridized carbons (Fsp3) is 0.562. The highest BCUT2D eigenvalue weighted by atomic mass is 35.5. The number of benzene rings is 1. The average Bonchev–Trinajstić information content (AvgIpc) is 2.47. The van der Waals surface area contributed by atoms with E-state index in [1.54, 1.807) is 25.3 Å². The second-order valence-electron chi connectivity index (χ2n) is 5.09. The molecule has 22 heavy (non-hydrogen) atoms. The Morgan fingerprint density at radius 1 is 1.36 bits per heavy atom. The lowest BCUT2D eigenvalue weighted by molar-refractivity contribution is 0.0952. The molecule has 1 aromatic rings. The van der Waals surface area contributed by atoms with E-state index in [0.29, 0.717) is 30.2 Å². The zero-order valence-electron chi connectivity index (χ0n) is 13.6. The monoisotopic (exact) mass is 330 g/mol. The third-order valence-corrected chi connectivity index (χ3v) is 3.07. The van der Waals surface area contributed by atoms with Gasteiger partial charge in [-0.3, -0.25) is 4.79 Å². The van der Waals surface area contributed by atoms with Crippen LogP contribution >= 0.6 is 12.4 Å². The van der Waals surface area contributed by atoms with Crippen molar-refractivity contribution in [3.05, 3.63) is 23.8 Å². The number of rotatable bonds is 9. The van der Waals surface area contributed by atoms with Crippen LogP contribution in [0.2, 0.25) is 0 Å². The van der Waals surface area contributed by atoms with E-state index in [4.69, 9.17) is 15.2 Å². The Labute approximate surface area is 139 Å². The summed E-state index contributed by atoms with van der Waals surface area (Å²) in [5, 5.41) is 2.84. The number of hydrogen-bond acceptors (Lipinski definition) is 4. The lowest BCUT2D eigenvalue weighted by Crippen LogP contribution is -2.28. The van der Waals surface area contributed by atoms with E-state index in [0.717, 1.165) is 19.3 Å². The minimum atomic E-state index is -0.131. The van der Waals surface area contributed by atoms with Gasteiger partial charge in [-0.2, -0.15) is 0 Å². The van der Waals surface area contributed by atoms with Crippen molar-refractivity contribution in [2.75, 3.05) is 20.3 Å². The molecule has 0 spiro atoms. The van der Waals surface area contributed by atoms with Gasteiger partial charge in [0, 0.05) is 18.2 Å². The van der Waals surface area contributed by atoms with E-state index in [-0.39, 0.29) is 24.4 Å². The van der Waals surface area contributed by atoms with Gasteiger partial charge >= 0.3 is 0 Å². The Bertz CT molecular complexity index is 453. The van der Waals surface area contributed by atoms with Crippen molar-refractivity contribution in [2.45, 2.75) is 39.2 Å². The maximum Gasteiger partial charge on any atom is 0.251 e. The quantitative estimate of drug-likeness (QED) is 0.683. The van der Waals surface area contributed by atoms with Gasteiger partial charge in [-0.15, -0.1) is 12.4 Å². The number of nitrogens with one attached hydrogen (secondary N) is 1. The zero-order valence-corrected chi connectivity index (χ0v) is 14.4. The molecule has 0 saturated carbocycles. The molecule has 1 aromatic carbocycles. The molecule has 0 aliphatic rings. The smallest absolute Gasteiger partial charge is 0.251 e. The number of ether oxygens (including phenoxy) is 2. The largest absolute Gasteiger partial charge is 0.493 e. The van der Waals surface area contributed by atoms with Crippen molar-refractivity contribution in [2.24, 2.45) is 5.73 Å². The first-order valence-corrected chi connectivity index (χ1v) is 7.43. The molecule has 0 saturated heterocycles. The van der Waals surface area contributed by atoms with Crippen LogP contribution in [-0.4, -0.2) is 32.2 Å². The predicted octanol–water partition coefficient (Wildman–Crippen LogP) is 2.76. The van der Waals surface area contributed by atoms with Crippen LogP contribution in [-0.2, 0) is 0 Å². The molecule has 0 aliphatic heterocycles. The first-order valence-electron chi connectivity index (χ1n) is 7.43. The van der Waals surface area contributed by atoms with Crippen LogP contribution in [0.25, 0.3) is 0 Å². The third-order valence-electron chi connectivity index (χ3n) is 3.07. The Balaban J connectivity index is 0.00000441. The molecule has 5 nitrogen and oxygen atoms in total. The molecule has 0 bridgehead atoms. The topological polar surface area (TPSA) is 73.6 Å². The second kappa shape index (κ2) is 11.2. The Kier molecular flexibility index (Phi) is 10.4. The molecule has 0 radical (unpaired) electrons. The number of amides is 1. The van der Waals surface area contributed by atoms with Gasteiger partial charge in [-0.1, -0.05) is 13.3 Å². The van der Waals surface area contributed by atoms with Gasteiger partial charge in [0.1, 0.15) is 0 Å². The molecule has 1 atom stereocenters. The van der Waals surface area contributed by atoms with Crippen LogP contribution in [0.4, 0.5) is 0 Å². The van der Waals surface area contributed by atoms with Crippen LogP contribution in [0, 0.1) is 0 Å². The second-order valence-corrected chi connectivity index (χ2v) is 5.09. The molecule has 126 valence electrons. The molecule has 1 amide bonds. The Hall–Kier alpha value is -1.46. The van der Waals surface area contributed by atoms with Gasteiger partial charge in [0.15, 0.2) is 11.5 Å². The minimum absolute atomic E-state index is 0. The molecule has 6 heteroatoms. The van der Waals surface area contributed by atoms with Crippen LogP contribution < -0.4 is 20.5 Å². The van der Waals surface area contributed by atoms with Gasteiger partial charge in [0.25, 0.3) is 5.91 Å². The molecular weight excluding hydrogens is 304 g/mol. The number of nitrogens with two attached hydrogens (primary N) is 1. The number of carbonyl (C=O) groups is 1. The molecule has 0 aliphatic carbocycles. The molecule has 1 unspecified atom stereocenters. The first kappa shape index (κ1) is 20.5. The lowest BCUT2D eigenvalue weighted by Gasteiger charge is -2.12. The van der Waals surface area contributed by atoms with Crippen LogP contribution in [0.5, 0.6) is 11.5 Å². The third kappa shape index (κ3) is 7.00. The van der Waals surface area contributed by atoms with E-state index in [1.807, 2.05) is 6.92 Å². The van der Waals surface area contributed by atoms with Crippen molar-refractivity contribution in [3.8, 4) is 11.5 Å². The van der Waals surface area contributed by atoms with Crippen molar-refractivity contribution in [1.82, 2.24) is 5.32 Å². The predicted molar refractivity (Wildman–Crippen MR) is 91.2 cm³/mol. The van der Waals surface area contributed by atoms with Gasteiger partial charge in [0.05, 0.1) is 13.7 Å². The lowest BCUT2D eigenvalue weighted by atomic mass is 10.1. The maximum absolute atomic E-state index is 12.0. The SMILES string of the molecule is CCCCOc1ccc(C(=O)NCCC(C)N)cc1OC.Cl. The number of methoxy groups -OCH3 is 1. The average molecular weight is 331 g/mol. The van der Waals surface area contributed by atoms with Gasteiger partial charge in [0.2, 0.25) is 0 Å². The minimum Gasteiger partial charge on any atom is -0.493 e. The van der Waals surface area contributed by atoms with E-state index < -0.39 is 0 Å². The van der Waals surface area contributed by atoms with E-state index >= 15 is 0 Å². The van der Waals surface area contributed by atoms with Crippen LogP contribution in [0.15, 0.2) is 18.2 Å². The van der Waals surface area contributed by atoms with Gasteiger partial charge < -0.3 is 20.5 Å². The molecule has 1 rings (SSSR count). The summed E-state index contributed by atoms with van der Waals surface area (Å²) in [5.41, 5.74) is 6.21. The summed E-state index contributed by atoms with van der Waals surface area (Å²) >= 11 is 0. The van der Waals surface area contributed by atoms with Crippen LogP contribution in [0.3, 0.4) is 0 Å². The molecule has 3 N–H and O–H groups in total. The van der Waals surface area contributed by atoms with Crippen molar-refractivity contribution >= 4 is 18.3 Å². The zero-order chi connectivity index (χ0) is 15.7. The number of carbonyl (C=O) groups excluding carboxylic acids is 1. The van der Waals surface area contributed by atoms with Gasteiger partial charge in [-0.05, 0) is 38.0 Å². The van der Waals surface area contributed by atoms with E-state index in [1.165, 1.54) is 0 Å². The van der Waals surface area contributed by atoms with E-state index in [2.05, 4.69) is 12.2 Å². The first-order chi connectivity index (χ1) is 10.1. The van der Waals surface area contributed by atoms with E-state index in [9.17, 15) is 4.79 Å². The summed E-state index contributed by atoms with van der Waals surface area (Å²) in [5.74, 6) is 1.11. The summed E-state index contributed by atoms with van der Waals surface area (Å²) in [6.07, 6.45) is 2.81. The maximum atomic E-state index is 12.0. The summed E-state index contributed by atoms with van der Waals surface area (Å²) in [4.78, 5) is 12.0. The van der Waals surface area contributed by atoms with Crippen molar-refractivity contribution in [3.63, 3.8) is 0 Å². The summed E-state index contributed by atoms with van der Waals surface area (Å²) in [6.45, 7) is 5.23. The van der Waals surface area contributed by atoms with Gasteiger partial charge in [-0.25, -0.2) is 0 Å². The fourth-order valence-electron chi connectivity index (χ4n) is 1.77. The number of unbranched alkanes of at least 4 members (excludes halogenated alkanes) is 1. The number of halogens is 1. The van der Waals surface area contributed by atoms with Crippen LogP contribution in [0.1, 0.15) is 43.5 Å². The number of hydrogen-bond donors (Lipinski definition) is 2.